The third-order valence-corrected chi connectivity index (χ3v) is 2.47. The molecule has 1 aromatic carbocycles. The summed E-state index contributed by atoms with van der Waals surface area (Å²) in [5, 5.41) is 3.07. The van der Waals surface area contributed by atoms with Gasteiger partial charge in [0.1, 0.15) is 6.04 Å². The highest BCUT2D eigenvalue weighted by molar-refractivity contribution is 5.80. The molecule has 4 heteroatoms. The molecular formula is C12H19N3O. The zero-order chi connectivity index (χ0) is 12.1. The summed E-state index contributed by atoms with van der Waals surface area (Å²) in [5.74, 6) is 0.0215. The molecule has 0 bridgehead atoms. The molecule has 0 saturated carbocycles. The first-order valence-electron chi connectivity index (χ1n) is 5.39. The molecule has 0 aromatic heterocycles. The van der Waals surface area contributed by atoms with E-state index in [0.29, 0.717) is 12.5 Å². The zero-order valence-corrected chi connectivity index (χ0v) is 9.73. The van der Waals surface area contributed by atoms with Gasteiger partial charge in [-0.3, -0.25) is 4.79 Å². The van der Waals surface area contributed by atoms with Gasteiger partial charge in [0, 0.05) is 12.2 Å². The topological polar surface area (TPSA) is 81.1 Å². The highest BCUT2D eigenvalue weighted by Crippen LogP contribution is 2.16. The molecular weight excluding hydrogens is 202 g/mol. The van der Waals surface area contributed by atoms with Crippen LogP contribution in [0.4, 0.5) is 5.69 Å². The third kappa shape index (κ3) is 3.55. The summed E-state index contributed by atoms with van der Waals surface area (Å²) in [6, 6.07) is 7.42. The minimum Gasteiger partial charge on any atom is -0.383 e. The van der Waals surface area contributed by atoms with Gasteiger partial charge in [-0.25, -0.2) is 0 Å². The molecule has 0 saturated heterocycles. The summed E-state index contributed by atoms with van der Waals surface area (Å²) in [7, 11) is 0. The summed E-state index contributed by atoms with van der Waals surface area (Å²) >= 11 is 0. The van der Waals surface area contributed by atoms with Crippen molar-refractivity contribution in [3.8, 4) is 0 Å². The van der Waals surface area contributed by atoms with Crippen LogP contribution in [0.2, 0.25) is 0 Å². The second-order valence-electron chi connectivity index (χ2n) is 4.17. The van der Waals surface area contributed by atoms with Crippen LogP contribution in [0.25, 0.3) is 0 Å². The summed E-state index contributed by atoms with van der Waals surface area (Å²) < 4.78 is 0. The molecule has 0 fully saturated rings. The molecule has 1 atom stereocenters. The lowest BCUT2D eigenvalue weighted by Gasteiger charge is -2.11. The van der Waals surface area contributed by atoms with Crippen LogP contribution in [0, 0.1) is 0 Å². The van der Waals surface area contributed by atoms with Crippen molar-refractivity contribution in [2.45, 2.75) is 25.8 Å². The number of anilines is 1. The van der Waals surface area contributed by atoms with Gasteiger partial charge in [0.05, 0.1) is 0 Å². The van der Waals surface area contributed by atoms with Crippen molar-refractivity contribution < 1.29 is 4.79 Å². The Morgan fingerprint density at radius 1 is 1.31 bits per heavy atom. The number of primary amides is 1. The van der Waals surface area contributed by atoms with Crippen molar-refractivity contribution in [2.75, 3.05) is 11.9 Å². The van der Waals surface area contributed by atoms with Crippen molar-refractivity contribution in [3.63, 3.8) is 0 Å². The Labute approximate surface area is 96.0 Å². The molecule has 1 rings (SSSR count). The number of nitrogens with two attached hydrogens (primary N) is 2. The molecule has 0 aliphatic rings. The molecule has 0 radical (unpaired) electrons. The number of benzene rings is 1. The molecule has 0 spiro atoms. The molecule has 16 heavy (non-hydrogen) atoms. The van der Waals surface area contributed by atoms with Crippen LogP contribution in [0.15, 0.2) is 24.3 Å². The van der Waals surface area contributed by atoms with Crippen LogP contribution in [0.5, 0.6) is 0 Å². The average molecular weight is 221 g/mol. The molecule has 1 unspecified atom stereocenters. The Morgan fingerprint density at radius 2 is 1.88 bits per heavy atom. The van der Waals surface area contributed by atoms with Crippen molar-refractivity contribution >= 4 is 11.6 Å². The van der Waals surface area contributed by atoms with E-state index in [0.717, 1.165) is 5.69 Å². The van der Waals surface area contributed by atoms with Crippen LogP contribution in [0.1, 0.15) is 25.3 Å². The summed E-state index contributed by atoms with van der Waals surface area (Å²) in [6.07, 6.45) is 0. The SMILES string of the molecule is CC(C)c1ccc(NCC(N)C(N)=O)cc1. The minimum absolute atomic E-state index is 0.357. The number of carbonyl (C=O) groups is 1. The van der Waals surface area contributed by atoms with Gasteiger partial charge in [0.2, 0.25) is 5.91 Å². The van der Waals surface area contributed by atoms with Crippen molar-refractivity contribution in [1.82, 2.24) is 0 Å². The maximum atomic E-state index is 10.7. The van der Waals surface area contributed by atoms with E-state index in [1.165, 1.54) is 5.56 Å². The first kappa shape index (κ1) is 12.5. The van der Waals surface area contributed by atoms with Crippen LogP contribution >= 0.6 is 0 Å². The Morgan fingerprint density at radius 3 is 2.31 bits per heavy atom. The molecule has 0 aliphatic carbocycles. The van der Waals surface area contributed by atoms with Gasteiger partial charge >= 0.3 is 0 Å². The third-order valence-electron chi connectivity index (χ3n) is 2.47. The zero-order valence-electron chi connectivity index (χ0n) is 9.73. The normalized spacial score (nSPS) is 12.5. The highest BCUT2D eigenvalue weighted by atomic mass is 16.1. The lowest BCUT2D eigenvalue weighted by atomic mass is 10.0. The second kappa shape index (κ2) is 5.51. The largest absolute Gasteiger partial charge is 0.383 e. The first-order chi connectivity index (χ1) is 7.50. The van der Waals surface area contributed by atoms with Gasteiger partial charge < -0.3 is 16.8 Å². The molecule has 4 nitrogen and oxygen atoms in total. The number of amides is 1. The number of hydrogen-bond donors (Lipinski definition) is 3. The molecule has 1 amide bonds. The molecule has 0 heterocycles. The standard InChI is InChI=1S/C12H19N3O/c1-8(2)9-3-5-10(6-4-9)15-7-11(13)12(14)16/h3-6,8,11,15H,7,13H2,1-2H3,(H2,14,16). The Hall–Kier alpha value is -1.55. The number of carbonyl (C=O) groups excluding carboxylic acids is 1. The Balaban J connectivity index is 2.52. The smallest absolute Gasteiger partial charge is 0.236 e. The monoisotopic (exact) mass is 221 g/mol. The maximum Gasteiger partial charge on any atom is 0.236 e. The van der Waals surface area contributed by atoms with E-state index in [9.17, 15) is 4.79 Å². The van der Waals surface area contributed by atoms with Crippen molar-refractivity contribution in [1.29, 1.82) is 0 Å². The minimum atomic E-state index is -0.648. The van der Waals surface area contributed by atoms with Crippen LogP contribution in [0.3, 0.4) is 0 Å². The van der Waals surface area contributed by atoms with Gasteiger partial charge in [0.25, 0.3) is 0 Å². The van der Waals surface area contributed by atoms with Crippen molar-refractivity contribution in [3.05, 3.63) is 29.8 Å². The lowest BCUT2D eigenvalue weighted by molar-refractivity contribution is -0.118. The van der Waals surface area contributed by atoms with E-state index in [1.807, 2.05) is 12.1 Å². The summed E-state index contributed by atoms with van der Waals surface area (Å²) in [5.41, 5.74) is 12.8. The molecule has 5 N–H and O–H groups in total. The van der Waals surface area contributed by atoms with Crippen molar-refractivity contribution in [2.24, 2.45) is 11.5 Å². The van der Waals surface area contributed by atoms with Gasteiger partial charge in [-0.2, -0.15) is 0 Å². The quantitative estimate of drug-likeness (QED) is 0.694. The first-order valence-corrected chi connectivity index (χ1v) is 5.39. The predicted octanol–water partition coefficient (Wildman–Crippen LogP) is 1.03. The van der Waals surface area contributed by atoms with Gasteiger partial charge in [-0.05, 0) is 23.6 Å². The fourth-order valence-corrected chi connectivity index (χ4v) is 1.31. The van der Waals surface area contributed by atoms with Crippen LogP contribution in [-0.2, 0) is 4.79 Å². The van der Waals surface area contributed by atoms with E-state index < -0.39 is 11.9 Å². The lowest BCUT2D eigenvalue weighted by Crippen LogP contribution is -2.41. The van der Waals surface area contributed by atoms with Crippen LogP contribution in [-0.4, -0.2) is 18.5 Å². The average Bonchev–Trinajstić information content (AvgIpc) is 2.26. The fraction of sp³-hybridized carbons (Fsp3) is 0.417. The Kier molecular flexibility index (Phi) is 4.31. The van der Waals surface area contributed by atoms with Gasteiger partial charge in [-0.15, -0.1) is 0 Å². The fourth-order valence-electron chi connectivity index (χ4n) is 1.31. The summed E-state index contributed by atoms with van der Waals surface area (Å²) in [4.78, 5) is 10.7. The number of nitrogens with one attached hydrogen (secondary N) is 1. The van der Waals surface area contributed by atoms with Gasteiger partial charge in [-0.1, -0.05) is 26.0 Å². The second-order valence-corrected chi connectivity index (χ2v) is 4.17. The predicted molar refractivity (Wildman–Crippen MR) is 66.2 cm³/mol. The van der Waals surface area contributed by atoms with E-state index in [4.69, 9.17) is 11.5 Å². The number of rotatable bonds is 5. The van der Waals surface area contributed by atoms with E-state index in [2.05, 4.69) is 31.3 Å². The maximum absolute atomic E-state index is 10.7. The highest BCUT2D eigenvalue weighted by Gasteiger charge is 2.08. The Bertz CT molecular complexity index is 346. The van der Waals surface area contributed by atoms with Crippen LogP contribution < -0.4 is 16.8 Å². The van der Waals surface area contributed by atoms with Gasteiger partial charge in [0.15, 0.2) is 0 Å². The molecule has 1 aromatic rings. The number of hydrogen-bond acceptors (Lipinski definition) is 3. The molecule has 0 aliphatic heterocycles. The van der Waals surface area contributed by atoms with E-state index >= 15 is 0 Å². The van der Waals surface area contributed by atoms with E-state index in [-0.39, 0.29) is 0 Å². The van der Waals surface area contributed by atoms with E-state index in [1.54, 1.807) is 0 Å². The molecule has 88 valence electrons. The summed E-state index contributed by atoms with van der Waals surface area (Å²) in [6.45, 7) is 4.65.